The summed E-state index contributed by atoms with van der Waals surface area (Å²) in [6.45, 7) is 1.07. The first-order valence-corrected chi connectivity index (χ1v) is 10.3. The summed E-state index contributed by atoms with van der Waals surface area (Å²) >= 11 is 0. The van der Waals surface area contributed by atoms with Crippen LogP contribution in [0.3, 0.4) is 0 Å². The highest BCUT2D eigenvalue weighted by molar-refractivity contribution is 5.94. The lowest BCUT2D eigenvalue weighted by atomic mass is 9.89. The molecule has 31 heavy (non-hydrogen) atoms. The van der Waals surface area contributed by atoms with Gasteiger partial charge in [0.2, 0.25) is 5.82 Å². The van der Waals surface area contributed by atoms with Gasteiger partial charge in [0.1, 0.15) is 0 Å². The number of nitrogens with zero attached hydrogens (tertiary/aromatic N) is 2. The predicted octanol–water partition coefficient (Wildman–Crippen LogP) is 4.89. The van der Waals surface area contributed by atoms with E-state index in [9.17, 15) is 13.6 Å². The molecule has 0 spiro atoms. The third-order valence-corrected chi connectivity index (χ3v) is 5.27. The van der Waals surface area contributed by atoms with Crippen LogP contribution < -0.4 is 5.32 Å². The Morgan fingerprint density at radius 3 is 2.77 bits per heavy atom. The van der Waals surface area contributed by atoms with E-state index in [-0.39, 0.29) is 17.8 Å². The van der Waals surface area contributed by atoms with Gasteiger partial charge in [-0.2, -0.15) is 13.8 Å². The minimum atomic E-state index is -2.82. The van der Waals surface area contributed by atoms with Crippen LogP contribution in [0.4, 0.5) is 8.78 Å². The molecule has 1 heterocycles. The molecule has 0 saturated heterocycles. The summed E-state index contributed by atoms with van der Waals surface area (Å²) in [5, 5.41) is 6.39. The van der Waals surface area contributed by atoms with E-state index < -0.39 is 12.3 Å². The van der Waals surface area contributed by atoms with E-state index >= 15 is 0 Å². The van der Waals surface area contributed by atoms with E-state index in [4.69, 9.17) is 4.74 Å². The number of aryl methyl sites for hydroxylation is 1. The number of hydrogen-bond donors (Lipinski definition) is 1. The second-order valence-corrected chi connectivity index (χ2v) is 7.39. The van der Waals surface area contributed by atoms with Crippen LogP contribution in [0.15, 0.2) is 53.1 Å². The normalized spacial score (nSPS) is 15.6. The lowest BCUT2D eigenvalue weighted by Crippen LogP contribution is -2.25. The molecule has 3 aromatic rings. The van der Waals surface area contributed by atoms with E-state index in [2.05, 4.69) is 38.2 Å². The molecule has 2 aromatic carbocycles. The van der Waals surface area contributed by atoms with Crippen molar-refractivity contribution in [3.05, 3.63) is 71.1 Å². The second-order valence-electron chi connectivity index (χ2n) is 7.39. The van der Waals surface area contributed by atoms with Crippen molar-refractivity contribution < 1.29 is 22.8 Å². The Balaban J connectivity index is 1.22. The van der Waals surface area contributed by atoms with Crippen molar-refractivity contribution in [1.29, 1.82) is 0 Å². The molecule has 0 saturated carbocycles. The second kappa shape index (κ2) is 9.78. The van der Waals surface area contributed by atoms with Crippen LogP contribution in [-0.4, -0.2) is 29.2 Å². The molecule has 0 bridgehead atoms. The topological polar surface area (TPSA) is 77.2 Å². The maximum atomic E-state index is 12.6. The summed E-state index contributed by atoms with van der Waals surface area (Å²) in [7, 11) is 0. The molecule has 1 aromatic heterocycles. The minimum absolute atomic E-state index is 0.0590. The summed E-state index contributed by atoms with van der Waals surface area (Å²) < 4.78 is 35.7. The first kappa shape index (κ1) is 21.1. The lowest BCUT2D eigenvalue weighted by Gasteiger charge is -2.25. The van der Waals surface area contributed by atoms with Crippen molar-refractivity contribution in [2.24, 2.45) is 0 Å². The number of benzene rings is 2. The molecule has 1 atom stereocenters. The molecular formula is C23H23F2N3O3. The molecule has 4 rings (SSSR count). The fourth-order valence-corrected chi connectivity index (χ4v) is 3.70. The average Bonchev–Trinajstić information content (AvgIpc) is 3.30. The summed E-state index contributed by atoms with van der Waals surface area (Å²) in [5.74, 6) is -0.879. The molecule has 162 valence electrons. The zero-order chi connectivity index (χ0) is 21.6. The maximum Gasteiger partial charge on any atom is 0.315 e. The van der Waals surface area contributed by atoms with E-state index in [1.807, 2.05) is 6.07 Å². The number of hydrogen-bond acceptors (Lipinski definition) is 5. The van der Waals surface area contributed by atoms with Crippen LogP contribution in [-0.2, 0) is 11.2 Å². The van der Waals surface area contributed by atoms with Crippen LogP contribution >= 0.6 is 0 Å². The summed E-state index contributed by atoms with van der Waals surface area (Å²) in [6, 6.07) is 14.8. The van der Waals surface area contributed by atoms with Gasteiger partial charge in [-0.1, -0.05) is 41.6 Å². The molecule has 1 N–H and O–H groups in total. The van der Waals surface area contributed by atoms with Gasteiger partial charge in [-0.15, -0.1) is 0 Å². The van der Waals surface area contributed by atoms with E-state index in [0.29, 0.717) is 30.7 Å². The van der Waals surface area contributed by atoms with Crippen molar-refractivity contribution in [3.8, 4) is 11.4 Å². The number of fused-ring (bicyclic) bond motifs is 1. The number of halogens is 2. The number of rotatable bonds is 8. The highest BCUT2D eigenvalue weighted by Crippen LogP contribution is 2.32. The standard InChI is InChI=1S/C23H23F2N3O3/c24-20(25)23-27-21(28-31-23)16-9-11-17(12-10-16)22(29)26-13-4-14-30-19-8-3-6-15-5-1-2-7-18(15)19/h1-2,5,7,9-12,19-20H,3-4,6,8,13-14H2,(H,26,29). The number of alkyl halides is 2. The Labute approximate surface area is 178 Å². The number of ether oxygens (including phenoxy) is 1. The number of amides is 1. The first-order valence-electron chi connectivity index (χ1n) is 10.3. The molecule has 1 aliphatic rings. The highest BCUT2D eigenvalue weighted by Gasteiger charge is 2.20. The molecule has 8 heteroatoms. The van der Waals surface area contributed by atoms with Crippen molar-refractivity contribution in [2.45, 2.75) is 38.2 Å². The number of carbonyl (C=O) groups is 1. The van der Waals surface area contributed by atoms with E-state index in [1.54, 1.807) is 24.3 Å². The molecule has 0 aliphatic heterocycles. The minimum Gasteiger partial charge on any atom is -0.373 e. The lowest BCUT2D eigenvalue weighted by molar-refractivity contribution is 0.0393. The van der Waals surface area contributed by atoms with Crippen LogP contribution in [0.25, 0.3) is 11.4 Å². The smallest absolute Gasteiger partial charge is 0.315 e. The molecule has 0 fully saturated rings. The van der Waals surface area contributed by atoms with Crippen LogP contribution in [0.1, 0.15) is 59.2 Å². The summed E-state index contributed by atoms with van der Waals surface area (Å²) in [6.07, 6.45) is 1.27. The predicted molar refractivity (Wildman–Crippen MR) is 110 cm³/mol. The highest BCUT2D eigenvalue weighted by atomic mass is 19.3. The van der Waals surface area contributed by atoms with E-state index in [1.165, 1.54) is 11.1 Å². The van der Waals surface area contributed by atoms with Crippen LogP contribution in [0.5, 0.6) is 0 Å². The molecule has 1 aliphatic carbocycles. The molecule has 0 radical (unpaired) electrons. The van der Waals surface area contributed by atoms with Gasteiger partial charge < -0.3 is 14.6 Å². The van der Waals surface area contributed by atoms with Gasteiger partial charge in [-0.3, -0.25) is 4.79 Å². The number of nitrogens with one attached hydrogen (secondary N) is 1. The van der Waals surface area contributed by atoms with Gasteiger partial charge in [-0.05, 0) is 48.9 Å². The van der Waals surface area contributed by atoms with Gasteiger partial charge in [0.05, 0.1) is 6.10 Å². The van der Waals surface area contributed by atoms with Gasteiger partial charge in [0.15, 0.2) is 0 Å². The van der Waals surface area contributed by atoms with Crippen LogP contribution in [0, 0.1) is 0 Å². The average molecular weight is 427 g/mol. The zero-order valence-electron chi connectivity index (χ0n) is 16.9. The maximum absolute atomic E-state index is 12.6. The van der Waals surface area contributed by atoms with Crippen molar-refractivity contribution >= 4 is 5.91 Å². The Kier molecular flexibility index (Phi) is 6.66. The molecule has 6 nitrogen and oxygen atoms in total. The summed E-state index contributed by atoms with van der Waals surface area (Å²) in [5.41, 5.74) is 3.60. The quantitative estimate of drug-likeness (QED) is 0.518. The van der Waals surface area contributed by atoms with Crippen molar-refractivity contribution in [2.75, 3.05) is 13.2 Å². The Morgan fingerprint density at radius 1 is 1.19 bits per heavy atom. The van der Waals surface area contributed by atoms with Gasteiger partial charge in [-0.25, -0.2) is 0 Å². The largest absolute Gasteiger partial charge is 0.373 e. The van der Waals surface area contributed by atoms with Gasteiger partial charge in [0.25, 0.3) is 11.8 Å². The van der Waals surface area contributed by atoms with Crippen molar-refractivity contribution in [3.63, 3.8) is 0 Å². The Morgan fingerprint density at radius 2 is 2.00 bits per heavy atom. The zero-order valence-corrected chi connectivity index (χ0v) is 16.9. The third kappa shape index (κ3) is 5.14. The summed E-state index contributed by atoms with van der Waals surface area (Å²) in [4.78, 5) is 15.9. The monoisotopic (exact) mass is 427 g/mol. The van der Waals surface area contributed by atoms with E-state index in [0.717, 1.165) is 19.3 Å². The fraction of sp³-hybridized carbons (Fsp3) is 0.348. The third-order valence-electron chi connectivity index (χ3n) is 5.27. The van der Waals surface area contributed by atoms with Gasteiger partial charge in [0, 0.05) is 24.3 Å². The fourth-order valence-electron chi connectivity index (χ4n) is 3.70. The molecule has 1 amide bonds. The Bertz CT molecular complexity index is 1020. The van der Waals surface area contributed by atoms with Crippen molar-refractivity contribution in [1.82, 2.24) is 15.5 Å². The van der Waals surface area contributed by atoms with Gasteiger partial charge >= 0.3 is 6.43 Å². The molecule has 1 unspecified atom stereocenters. The Hall–Kier alpha value is -3.13. The number of carbonyl (C=O) groups excluding carboxylic acids is 1. The first-order chi connectivity index (χ1) is 15.1. The number of aromatic nitrogens is 2. The SMILES string of the molecule is O=C(NCCCOC1CCCc2ccccc21)c1ccc(-c2noc(C(F)F)n2)cc1. The van der Waals surface area contributed by atoms with Crippen LogP contribution in [0.2, 0.25) is 0 Å². The molecular weight excluding hydrogens is 404 g/mol.